The zero-order chi connectivity index (χ0) is 14.7. The molecular weight excluding hydrogens is 260 g/mol. The number of carbonyl (C=O) groups is 1. The quantitative estimate of drug-likeness (QED) is 0.920. The largest absolute Gasteiger partial charge is 0.312 e. The summed E-state index contributed by atoms with van der Waals surface area (Å²) in [7, 11) is 0. The summed E-state index contributed by atoms with van der Waals surface area (Å²) in [5.74, 6) is 0.617. The third kappa shape index (κ3) is 2.98. The zero-order valence-corrected chi connectivity index (χ0v) is 13.0. The summed E-state index contributed by atoms with van der Waals surface area (Å²) in [6, 6.07) is 8.84. The van der Waals surface area contributed by atoms with E-state index in [0.29, 0.717) is 11.9 Å². The van der Waals surface area contributed by atoms with Gasteiger partial charge in [-0.2, -0.15) is 0 Å². The predicted octanol–water partition coefficient (Wildman–Crippen LogP) is 3.65. The molecule has 0 saturated heterocycles. The Bertz CT molecular complexity index is 494. The van der Waals surface area contributed by atoms with Crippen molar-refractivity contribution >= 4 is 11.6 Å². The highest BCUT2D eigenvalue weighted by Crippen LogP contribution is 2.35. The van der Waals surface area contributed by atoms with E-state index in [4.69, 9.17) is 0 Å². The van der Waals surface area contributed by atoms with Gasteiger partial charge in [-0.3, -0.25) is 4.79 Å². The Labute approximate surface area is 127 Å². The lowest BCUT2D eigenvalue weighted by molar-refractivity contribution is -0.122. The Morgan fingerprint density at radius 1 is 1.19 bits per heavy atom. The minimum absolute atomic E-state index is 0.258. The van der Waals surface area contributed by atoms with Crippen LogP contribution in [0, 0.1) is 5.92 Å². The first-order valence-electron chi connectivity index (χ1n) is 8.45. The van der Waals surface area contributed by atoms with Crippen LogP contribution in [0.1, 0.15) is 57.1 Å². The molecule has 0 radical (unpaired) electrons. The zero-order valence-electron chi connectivity index (χ0n) is 13.0. The monoisotopic (exact) mass is 286 g/mol. The number of carbonyl (C=O) groups excluding carboxylic acids is 1. The van der Waals surface area contributed by atoms with Crippen LogP contribution in [0.4, 0.5) is 5.69 Å². The number of nitrogens with zero attached hydrogens (tertiary/aromatic N) is 1. The van der Waals surface area contributed by atoms with Crippen LogP contribution in [0.3, 0.4) is 0 Å². The highest BCUT2D eigenvalue weighted by Gasteiger charge is 2.31. The first-order valence-corrected chi connectivity index (χ1v) is 8.45. The molecule has 2 aliphatic rings. The molecule has 1 aromatic carbocycles. The number of hydrogen-bond acceptors (Lipinski definition) is 2. The average molecular weight is 286 g/mol. The lowest BCUT2D eigenvalue weighted by atomic mass is 10.0. The molecule has 0 spiro atoms. The third-order valence-electron chi connectivity index (χ3n) is 4.90. The molecule has 1 aromatic rings. The molecule has 3 heteroatoms. The number of anilines is 1. The van der Waals surface area contributed by atoms with Crippen molar-refractivity contribution < 1.29 is 4.79 Å². The van der Waals surface area contributed by atoms with Crippen LogP contribution < -0.4 is 10.2 Å². The maximum absolute atomic E-state index is 12.9. The SMILES string of the molecule is CCNC1CCCN(C(=O)C2CCCC2)c2ccccc21. The molecule has 0 aromatic heterocycles. The standard InChI is InChI=1S/C18H26N2O/c1-2-19-16-11-7-13-20(17-12-6-5-10-15(16)17)18(21)14-8-3-4-9-14/h5-6,10,12,14,16,19H,2-4,7-9,11,13H2,1H3. The van der Waals surface area contributed by atoms with Gasteiger partial charge in [0.2, 0.25) is 5.91 Å². The smallest absolute Gasteiger partial charge is 0.230 e. The van der Waals surface area contributed by atoms with Gasteiger partial charge in [-0.1, -0.05) is 38.0 Å². The summed E-state index contributed by atoms with van der Waals surface area (Å²) in [5.41, 5.74) is 2.43. The highest BCUT2D eigenvalue weighted by molar-refractivity contribution is 5.96. The summed E-state index contributed by atoms with van der Waals surface area (Å²) in [5, 5.41) is 3.57. The van der Waals surface area contributed by atoms with E-state index in [1.807, 2.05) is 0 Å². The van der Waals surface area contributed by atoms with E-state index in [-0.39, 0.29) is 5.92 Å². The summed E-state index contributed by atoms with van der Waals surface area (Å²) < 4.78 is 0. The number of rotatable bonds is 3. The predicted molar refractivity (Wildman–Crippen MR) is 86.4 cm³/mol. The Hall–Kier alpha value is -1.35. The Balaban J connectivity index is 1.90. The topological polar surface area (TPSA) is 32.3 Å². The van der Waals surface area contributed by atoms with E-state index in [1.54, 1.807) is 0 Å². The van der Waals surface area contributed by atoms with Gasteiger partial charge in [-0.05, 0) is 43.9 Å². The van der Waals surface area contributed by atoms with Gasteiger partial charge in [-0.15, -0.1) is 0 Å². The molecule has 114 valence electrons. The molecule has 1 atom stereocenters. The van der Waals surface area contributed by atoms with Gasteiger partial charge in [0.15, 0.2) is 0 Å². The molecule has 1 aliphatic heterocycles. The first-order chi connectivity index (χ1) is 10.3. The fraction of sp³-hybridized carbons (Fsp3) is 0.611. The normalized spacial score (nSPS) is 22.9. The van der Waals surface area contributed by atoms with Crippen molar-refractivity contribution in [3.63, 3.8) is 0 Å². The molecule has 1 N–H and O–H groups in total. The third-order valence-corrected chi connectivity index (χ3v) is 4.90. The van der Waals surface area contributed by atoms with Crippen LogP contribution >= 0.6 is 0 Å². The average Bonchev–Trinajstić information content (AvgIpc) is 2.98. The van der Waals surface area contributed by atoms with Crippen molar-refractivity contribution in [1.82, 2.24) is 5.32 Å². The lowest BCUT2D eigenvalue weighted by Gasteiger charge is -2.26. The minimum atomic E-state index is 0.258. The summed E-state index contributed by atoms with van der Waals surface area (Å²) >= 11 is 0. The van der Waals surface area contributed by atoms with Gasteiger partial charge in [0.05, 0.1) is 0 Å². The summed E-state index contributed by atoms with van der Waals surface area (Å²) in [6.07, 6.45) is 6.77. The van der Waals surface area contributed by atoms with Crippen molar-refractivity contribution in [2.24, 2.45) is 5.92 Å². The van der Waals surface area contributed by atoms with Gasteiger partial charge in [0, 0.05) is 24.2 Å². The number of benzene rings is 1. The second kappa shape index (κ2) is 6.61. The molecular formula is C18H26N2O. The molecule has 1 aliphatic carbocycles. The lowest BCUT2D eigenvalue weighted by Crippen LogP contribution is -2.36. The van der Waals surface area contributed by atoms with Crippen molar-refractivity contribution in [2.45, 2.75) is 51.5 Å². The van der Waals surface area contributed by atoms with Crippen LogP contribution in [-0.4, -0.2) is 19.0 Å². The van der Waals surface area contributed by atoms with Crippen molar-refractivity contribution in [3.8, 4) is 0 Å². The molecule has 1 saturated carbocycles. The fourth-order valence-corrected chi connectivity index (χ4v) is 3.84. The summed E-state index contributed by atoms with van der Waals surface area (Å²) in [4.78, 5) is 15.0. The maximum atomic E-state index is 12.9. The van der Waals surface area contributed by atoms with E-state index in [1.165, 1.54) is 18.4 Å². The summed E-state index contributed by atoms with van der Waals surface area (Å²) in [6.45, 7) is 3.98. The van der Waals surface area contributed by atoms with Gasteiger partial charge in [0.1, 0.15) is 0 Å². The van der Waals surface area contributed by atoms with Gasteiger partial charge in [-0.25, -0.2) is 0 Å². The molecule has 3 nitrogen and oxygen atoms in total. The van der Waals surface area contributed by atoms with Crippen molar-refractivity contribution in [3.05, 3.63) is 29.8 Å². The molecule has 0 bridgehead atoms. The number of amides is 1. The maximum Gasteiger partial charge on any atom is 0.230 e. The highest BCUT2D eigenvalue weighted by atomic mass is 16.2. The molecule has 1 amide bonds. The first kappa shape index (κ1) is 14.6. The Morgan fingerprint density at radius 2 is 1.95 bits per heavy atom. The van der Waals surface area contributed by atoms with E-state index in [2.05, 4.69) is 41.4 Å². The van der Waals surface area contributed by atoms with E-state index >= 15 is 0 Å². The second-order valence-electron chi connectivity index (χ2n) is 6.28. The van der Waals surface area contributed by atoms with Gasteiger partial charge in [0.25, 0.3) is 0 Å². The van der Waals surface area contributed by atoms with Crippen LogP contribution in [0.2, 0.25) is 0 Å². The molecule has 1 unspecified atom stereocenters. The fourth-order valence-electron chi connectivity index (χ4n) is 3.84. The Morgan fingerprint density at radius 3 is 2.71 bits per heavy atom. The molecule has 1 fully saturated rings. The number of nitrogens with one attached hydrogen (secondary N) is 1. The minimum Gasteiger partial charge on any atom is -0.312 e. The number of fused-ring (bicyclic) bond motifs is 1. The van der Waals surface area contributed by atoms with Crippen molar-refractivity contribution in [1.29, 1.82) is 0 Å². The molecule has 1 heterocycles. The molecule has 3 rings (SSSR count). The Kier molecular flexibility index (Phi) is 4.59. The van der Waals surface area contributed by atoms with Gasteiger partial charge < -0.3 is 10.2 Å². The molecule has 21 heavy (non-hydrogen) atoms. The van der Waals surface area contributed by atoms with Crippen LogP contribution in [0.15, 0.2) is 24.3 Å². The van der Waals surface area contributed by atoms with E-state index < -0.39 is 0 Å². The second-order valence-corrected chi connectivity index (χ2v) is 6.28. The number of hydrogen-bond donors (Lipinski definition) is 1. The van der Waals surface area contributed by atoms with Crippen LogP contribution in [0.5, 0.6) is 0 Å². The van der Waals surface area contributed by atoms with Gasteiger partial charge >= 0.3 is 0 Å². The van der Waals surface area contributed by atoms with Crippen LogP contribution in [-0.2, 0) is 4.79 Å². The van der Waals surface area contributed by atoms with E-state index in [0.717, 1.165) is 44.5 Å². The van der Waals surface area contributed by atoms with Crippen LogP contribution in [0.25, 0.3) is 0 Å². The number of para-hydroxylation sites is 1. The van der Waals surface area contributed by atoms with E-state index in [9.17, 15) is 4.79 Å². The van der Waals surface area contributed by atoms with Crippen molar-refractivity contribution in [2.75, 3.05) is 18.0 Å².